The second kappa shape index (κ2) is 3.93. The van der Waals surface area contributed by atoms with Crippen LogP contribution in [0.15, 0.2) is 30.5 Å². The number of rotatable bonds is 2. The molecule has 1 aromatic carbocycles. The van der Waals surface area contributed by atoms with E-state index in [1.807, 2.05) is 25.1 Å². The molecule has 1 aromatic heterocycles. The SMILES string of the molecule is CC(Cl)Cc1nncc2ccccc12. The Balaban J connectivity index is 2.53. The standard InChI is InChI=1S/C11H11ClN2/c1-8(12)6-11-10-5-3-2-4-9(10)7-13-14-11/h2-5,7-8H,6H2,1H3. The summed E-state index contributed by atoms with van der Waals surface area (Å²) < 4.78 is 0. The van der Waals surface area contributed by atoms with Crippen LogP contribution in [0.2, 0.25) is 0 Å². The van der Waals surface area contributed by atoms with Gasteiger partial charge in [0.15, 0.2) is 0 Å². The van der Waals surface area contributed by atoms with E-state index in [0.29, 0.717) is 0 Å². The monoisotopic (exact) mass is 206 g/mol. The van der Waals surface area contributed by atoms with E-state index < -0.39 is 0 Å². The van der Waals surface area contributed by atoms with Crippen LogP contribution in [0.5, 0.6) is 0 Å². The van der Waals surface area contributed by atoms with Crippen molar-refractivity contribution in [2.24, 2.45) is 0 Å². The van der Waals surface area contributed by atoms with Gasteiger partial charge < -0.3 is 0 Å². The largest absolute Gasteiger partial charge is 0.158 e. The second-order valence-electron chi connectivity index (χ2n) is 3.36. The van der Waals surface area contributed by atoms with Crippen molar-refractivity contribution in [1.29, 1.82) is 0 Å². The Morgan fingerprint density at radius 1 is 1.36 bits per heavy atom. The quantitative estimate of drug-likeness (QED) is 0.707. The van der Waals surface area contributed by atoms with Crippen LogP contribution >= 0.6 is 11.6 Å². The van der Waals surface area contributed by atoms with Crippen molar-refractivity contribution >= 4 is 22.4 Å². The van der Waals surface area contributed by atoms with Gasteiger partial charge in [0.25, 0.3) is 0 Å². The van der Waals surface area contributed by atoms with Crippen LogP contribution in [-0.2, 0) is 6.42 Å². The molecule has 0 spiro atoms. The van der Waals surface area contributed by atoms with E-state index in [0.717, 1.165) is 22.9 Å². The third-order valence-electron chi connectivity index (χ3n) is 2.12. The number of fused-ring (bicyclic) bond motifs is 1. The summed E-state index contributed by atoms with van der Waals surface area (Å²) in [6.07, 6.45) is 2.54. The average Bonchev–Trinajstić information content (AvgIpc) is 2.18. The molecule has 0 aliphatic rings. The molecule has 0 aliphatic carbocycles. The van der Waals surface area contributed by atoms with E-state index >= 15 is 0 Å². The highest BCUT2D eigenvalue weighted by molar-refractivity contribution is 6.20. The van der Waals surface area contributed by atoms with Crippen molar-refractivity contribution in [2.45, 2.75) is 18.7 Å². The first-order valence-corrected chi connectivity index (χ1v) is 5.04. The fraction of sp³-hybridized carbons (Fsp3) is 0.273. The van der Waals surface area contributed by atoms with Gasteiger partial charge in [-0.3, -0.25) is 0 Å². The fourth-order valence-corrected chi connectivity index (χ4v) is 1.65. The first-order valence-electron chi connectivity index (χ1n) is 4.61. The minimum Gasteiger partial charge on any atom is -0.158 e. The Bertz CT molecular complexity index is 435. The number of alkyl halides is 1. The maximum absolute atomic E-state index is 5.94. The lowest BCUT2D eigenvalue weighted by Crippen LogP contribution is -2.01. The minimum absolute atomic E-state index is 0.0927. The Hall–Kier alpha value is -1.15. The molecule has 0 saturated carbocycles. The number of hydrogen-bond donors (Lipinski definition) is 0. The van der Waals surface area contributed by atoms with E-state index in [4.69, 9.17) is 11.6 Å². The molecule has 1 atom stereocenters. The highest BCUT2D eigenvalue weighted by Crippen LogP contribution is 2.17. The molecule has 2 aromatic rings. The van der Waals surface area contributed by atoms with Gasteiger partial charge in [0.2, 0.25) is 0 Å². The van der Waals surface area contributed by atoms with Crippen LogP contribution in [-0.4, -0.2) is 15.6 Å². The van der Waals surface area contributed by atoms with E-state index in [1.165, 1.54) is 0 Å². The van der Waals surface area contributed by atoms with Gasteiger partial charge in [-0.15, -0.1) is 11.6 Å². The summed E-state index contributed by atoms with van der Waals surface area (Å²) in [6, 6.07) is 8.09. The van der Waals surface area contributed by atoms with Gasteiger partial charge in [0, 0.05) is 22.6 Å². The molecule has 0 radical (unpaired) electrons. The Morgan fingerprint density at radius 2 is 2.14 bits per heavy atom. The predicted octanol–water partition coefficient (Wildman–Crippen LogP) is 2.80. The molecule has 0 fully saturated rings. The zero-order valence-electron chi connectivity index (χ0n) is 7.94. The van der Waals surface area contributed by atoms with Crippen molar-refractivity contribution in [3.05, 3.63) is 36.2 Å². The van der Waals surface area contributed by atoms with E-state index in [9.17, 15) is 0 Å². The maximum Gasteiger partial charge on any atom is 0.0723 e. The Labute approximate surface area is 87.9 Å². The maximum atomic E-state index is 5.94. The third-order valence-corrected chi connectivity index (χ3v) is 2.28. The van der Waals surface area contributed by atoms with Crippen LogP contribution < -0.4 is 0 Å². The van der Waals surface area contributed by atoms with Crippen LogP contribution in [0.3, 0.4) is 0 Å². The number of hydrogen-bond acceptors (Lipinski definition) is 2. The van der Waals surface area contributed by atoms with Gasteiger partial charge in [-0.1, -0.05) is 24.3 Å². The minimum atomic E-state index is 0.0927. The Morgan fingerprint density at radius 3 is 2.93 bits per heavy atom. The normalized spacial score (nSPS) is 13.0. The third kappa shape index (κ3) is 1.85. The number of benzene rings is 1. The van der Waals surface area contributed by atoms with Crippen LogP contribution in [0.4, 0.5) is 0 Å². The molecule has 1 heterocycles. The van der Waals surface area contributed by atoms with Crippen LogP contribution in [0.1, 0.15) is 12.6 Å². The van der Waals surface area contributed by atoms with Gasteiger partial charge in [0.05, 0.1) is 11.9 Å². The summed E-state index contributed by atoms with van der Waals surface area (Å²) in [7, 11) is 0. The lowest BCUT2D eigenvalue weighted by molar-refractivity contribution is 0.859. The zero-order chi connectivity index (χ0) is 9.97. The molecule has 14 heavy (non-hydrogen) atoms. The van der Waals surface area contributed by atoms with E-state index in [1.54, 1.807) is 6.20 Å². The fourth-order valence-electron chi connectivity index (χ4n) is 1.50. The second-order valence-corrected chi connectivity index (χ2v) is 4.11. The smallest absolute Gasteiger partial charge is 0.0723 e. The van der Waals surface area contributed by atoms with Crippen molar-refractivity contribution < 1.29 is 0 Å². The summed E-state index contributed by atoms with van der Waals surface area (Å²) in [5.74, 6) is 0. The van der Waals surface area contributed by atoms with Gasteiger partial charge in [-0.2, -0.15) is 10.2 Å². The van der Waals surface area contributed by atoms with Crippen molar-refractivity contribution in [3.63, 3.8) is 0 Å². The first-order chi connectivity index (χ1) is 6.77. The number of aromatic nitrogens is 2. The molecule has 2 rings (SSSR count). The number of halogens is 1. The van der Waals surface area contributed by atoms with Gasteiger partial charge in [-0.25, -0.2) is 0 Å². The molecule has 3 heteroatoms. The van der Waals surface area contributed by atoms with Crippen molar-refractivity contribution in [2.75, 3.05) is 0 Å². The average molecular weight is 207 g/mol. The van der Waals surface area contributed by atoms with Crippen LogP contribution in [0.25, 0.3) is 10.8 Å². The molecule has 0 N–H and O–H groups in total. The van der Waals surface area contributed by atoms with Crippen molar-refractivity contribution in [3.8, 4) is 0 Å². The van der Waals surface area contributed by atoms with Crippen molar-refractivity contribution in [1.82, 2.24) is 10.2 Å². The molecule has 1 unspecified atom stereocenters. The molecule has 0 saturated heterocycles. The molecule has 0 aliphatic heterocycles. The Kier molecular flexibility index (Phi) is 2.64. The molecular weight excluding hydrogens is 196 g/mol. The molecule has 72 valence electrons. The summed E-state index contributed by atoms with van der Waals surface area (Å²) in [5.41, 5.74) is 0.977. The van der Waals surface area contributed by atoms with Gasteiger partial charge >= 0.3 is 0 Å². The topological polar surface area (TPSA) is 25.8 Å². The highest BCUT2D eigenvalue weighted by Gasteiger charge is 2.05. The zero-order valence-corrected chi connectivity index (χ0v) is 8.70. The molecular formula is C11H11ClN2. The molecule has 0 bridgehead atoms. The van der Waals surface area contributed by atoms with E-state index in [2.05, 4.69) is 16.3 Å². The lowest BCUT2D eigenvalue weighted by atomic mass is 10.1. The first kappa shape index (κ1) is 9.41. The van der Waals surface area contributed by atoms with E-state index in [-0.39, 0.29) is 5.38 Å². The highest BCUT2D eigenvalue weighted by atomic mass is 35.5. The lowest BCUT2D eigenvalue weighted by Gasteiger charge is -2.04. The number of nitrogens with zero attached hydrogens (tertiary/aromatic N) is 2. The van der Waals surface area contributed by atoms with Gasteiger partial charge in [0.1, 0.15) is 0 Å². The molecule has 2 nitrogen and oxygen atoms in total. The summed E-state index contributed by atoms with van der Waals surface area (Å²) in [5, 5.41) is 10.4. The van der Waals surface area contributed by atoms with Gasteiger partial charge in [-0.05, 0) is 6.92 Å². The summed E-state index contributed by atoms with van der Waals surface area (Å²) >= 11 is 5.94. The summed E-state index contributed by atoms with van der Waals surface area (Å²) in [6.45, 7) is 1.96. The van der Waals surface area contributed by atoms with Crippen LogP contribution in [0, 0.1) is 0 Å². The molecule has 0 amide bonds. The summed E-state index contributed by atoms with van der Waals surface area (Å²) in [4.78, 5) is 0. The predicted molar refractivity (Wildman–Crippen MR) is 58.6 cm³/mol.